The lowest BCUT2D eigenvalue weighted by Crippen LogP contribution is -2.53. The van der Waals surface area contributed by atoms with Gasteiger partial charge in [0.2, 0.25) is 0 Å². The lowest BCUT2D eigenvalue weighted by Gasteiger charge is -2.56. The lowest BCUT2D eigenvalue weighted by molar-refractivity contribution is -0.0593. The summed E-state index contributed by atoms with van der Waals surface area (Å²) in [5, 5.41) is 9.35. The molecule has 2 aromatic rings. The highest BCUT2D eigenvalue weighted by molar-refractivity contribution is 6.74. The summed E-state index contributed by atoms with van der Waals surface area (Å²) in [5.41, 5.74) is 13.3. The van der Waals surface area contributed by atoms with Crippen LogP contribution < -0.4 is 0 Å². The van der Waals surface area contributed by atoms with Crippen molar-refractivity contribution in [2.24, 2.45) is 52.0 Å². The molecule has 5 rings (SSSR count). The number of para-hydroxylation sites is 1. The van der Waals surface area contributed by atoms with E-state index in [-0.39, 0.29) is 10.5 Å². The van der Waals surface area contributed by atoms with Crippen molar-refractivity contribution in [1.29, 1.82) is 0 Å². The Labute approximate surface area is 243 Å². The standard InChI is InChI=1S/C33H51N5OSi/c1-22-14-15-27-28(20-35-37-34)29(16-23(2)31(22)27)33(6)18-24-19-36-38(26-12-10-9-11-13-26)30(24)17-25(33)21-39-40(7,8)32(3,4)5/h9-13,19,22-23,25,27-29,31H,14-18,20-21H2,1-8H3/t22-,23+,25+,27+,28-,29-,31+,33-/m0/s1. The van der Waals surface area contributed by atoms with Crippen LogP contribution >= 0.6 is 0 Å². The third kappa shape index (κ3) is 5.18. The molecule has 40 heavy (non-hydrogen) atoms. The van der Waals surface area contributed by atoms with E-state index in [1.54, 1.807) is 0 Å². The van der Waals surface area contributed by atoms with Crippen LogP contribution in [-0.2, 0) is 17.3 Å². The van der Waals surface area contributed by atoms with Gasteiger partial charge < -0.3 is 4.43 Å². The summed E-state index contributed by atoms with van der Waals surface area (Å²) in [6.45, 7) is 20.7. The summed E-state index contributed by atoms with van der Waals surface area (Å²) in [6.07, 6.45) is 7.91. The maximum absolute atomic E-state index is 9.38. The van der Waals surface area contributed by atoms with Gasteiger partial charge in [0.05, 0.1) is 11.9 Å². The van der Waals surface area contributed by atoms with Crippen molar-refractivity contribution in [3.05, 3.63) is 58.2 Å². The molecule has 0 spiro atoms. The van der Waals surface area contributed by atoms with Gasteiger partial charge in [0.25, 0.3) is 0 Å². The summed E-state index contributed by atoms with van der Waals surface area (Å²) in [7, 11) is -1.92. The fraction of sp³-hybridized carbons (Fsp3) is 0.727. The monoisotopic (exact) mass is 561 g/mol. The van der Waals surface area contributed by atoms with Crippen molar-refractivity contribution in [2.75, 3.05) is 13.2 Å². The van der Waals surface area contributed by atoms with Crippen LogP contribution in [0.15, 0.2) is 41.6 Å². The first-order chi connectivity index (χ1) is 18.9. The Morgan fingerprint density at radius 1 is 1.15 bits per heavy atom. The third-order valence-corrected chi connectivity index (χ3v) is 16.5. The molecule has 0 bridgehead atoms. The maximum Gasteiger partial charge on any atom is 0.191 e. The van der Waals surface area contributed by atoms with E-state index in [9.17, 15) is 5.53 Å². The van der Waals surface area contributed by atoms with Gasteiger partial charge in [-0.15, -0.1) is 0 Å². The summed E-state index contributed by atoms with van der Waals surface area (Å²) >= 11 is 0. The van der Waals surface area contributed by atoms with Crippen LogP contribution in [0.25, 0.3) is 16.1 Å². The van der Waals surface area contributed by atoms with Gasteiger partial charge in [-0.05, 0) is 114 Å². The van der Waals surface area contributed by atoms with E-state index in [2.05, 4.69) is 106 Å². The molecular weight excluding hydrogens is 510 g/mol. The molecule has 0 saturated heterocycles. The number of nitrogens with zero attached hydrogens (tertiary/aromatic N) is 5. The van der Waals surface area contributed by atoms with Gasteiger partial charge in [0.1, 0.15) is 0 Å². The average molecular weight is 562 g/mol. The molecule has 3 aliphatic carbocycles. The Kier molecular flexibility index (Phi) is 8.06. The van der Waals surface area contributed by atoms with Crippen molar-refractivity contribution < 1.29 is 4.43 Å². The molecule has 2 saturated carbocycles. The second-order valence-corrected chi connectivity index (χ2v) is 20.0. The van der Waals surface area contributed by atoms with E-state index in [0.717, 1.165) is 37.0 Å². The van der Waals surface area contributed by atoms with E-state index in [1.165, 1.54) is 30.5 Å². The molecular formula is C33H51N5OSi. The zero-order valence-corrected chi connectivity index (χ0v) is 27.1. The minimum absolute atomic E-state index is 0.0562. The number of azide groups is 1. The van der Waals surface area contributed by atoms with Gasteiger partial charge in [-0.1, -0.05) is 71.3 Å². The van der Waals surface area contributed by atoms with Crippen molar-refractivity contribution in [3.63, 3.8) is 0 Å². The maximum atomic E-state index is 9.38. The Morgan fingerprint density at radius 3 is 2.55 bits per heavy atom. The van der Waals surface area contributed by atoms with E-state index >= 15 is 0 Å². The van der Waals surface area contributed by atoms with Gasteiger partial charge in [-0.3, -0.25) is 0 Å². The topological polar surface area (TPSA) is 75.8 Å². The molecule has 0 N–H and O–H groups in total. The predicted molar refractivity (Wildman–Crippen MR) is 166 cm³/mol. The summed E-state index contributed by atoms with van der Waals surface area (Å²) in [6, 6.07) is 10.6. The highest BCUT2D eigenvalue weighted by atomic mass is 28.4. The van der Waals surface area contributed by atoms with E-state index < -0.39 is 8.32 Å². The summed E-state index contributed by atoms with van der Waals surface area (Å²) in [5.74, 6) is 4.19. The minimum Gasteiger partial charge on any atom is -0.417 e. The first-order valence-corrected chi connectivity index (χ1v) is 18.5. The van der Waals surface area contributed by atoms with E-state index in [1.807, 2.05) is 0 Å². The number of hydrogen-bond donors (Lipinski definition) is 0. The molecule has 1 aromatic carbocycles. The second-order valence-electron chi connectivity index (χ2n) is 15.2. The fourth-order valence-corrected chi connectivity index (χ4v) is 9.77. The lowest BCUT2D eigenvalue weighted by atomic mass is 9.50. The second kappa shape index (κ2) is 11.0. The minimum atomic E-state index is -1.92. The summed E-state index contributed by atoms with van der Waals surface area (Å²) in [4.78, 5) is 3.26. The van der Waals surface area contributed by atoms with Gasteiger partial charge in [-0.25, -0.2) is 4.68 Å². The quantitative estimate of drug-likeness (QED) is 0.146. The van der Waals surface area contributed by atoms with Gasteiger partial charge >= 0.3 is 0 Å². The Balaban J connectivity index is 1.55. The molecule has 7 heteroatoms. The zero-order chi connectivity index (χ0) is 28.9. The van der Waals surface area contributed by atoms with Crippen LogP contribution in [0.5, 0.6) is 0 Å². The van der Waals surface area contributed by atoms with Gasteiger partial charge in [0.15, 0.2) is 8.32 Å². The highest BCUT2D eigenvalue weighted by Gasteiger charge is 2.56. The van der Waals surface area contributed by atoms with Crippen LogP contribution in [0.2, 0.25) is 18.1 Å². The largest absolute Gasteiger partial charge is 0.417 e. The molecule has 8 atom stereocenters. The molecule has 0 amide bonds. The van der Waals surface area contributed by atoms with Crippen molar-refractivity contribution >= 4 is 8.32 Å². The molecule has 3 aliphatic rings. The normalized spacial score (nSPS) is 34.1. The molecule has 218 valence electrons. The number of fused-ring (bicyclic) bond motifs is 2. The number of benzene rings is 1. The SMILES string of the molecule is C[C@@H]1C[C@H]([C@@]2(C)Cc3cnn(-c4ccccc4)c3C[C@@H]2CO[Si](C)(C)C(C)(C)C)[C@@H](CN=[N+]=[N-])[C@H]2CC[C@H](C)[C@@H]21. The highest BCUT2D eigenvalue weighted by Crippen LogP contribution is 2.60. The first-order valence-electron chi connectivity index (χ1n) is 15.6. The Bertz CT molecular complexity index is 1230. The molecule has 0 radical (unpaired) electrons. The van der Waals surface area contributed by atoms with Crippen molar-refractivity contribution in [2.45, 2.75) is 91.8 Å². The molecule has 0 unspecified atom stereocenters. The summed E-state index contributed by atoms with van der Waals surface area (Å²) < 4.78 is 9.20. The first kappa shape index (κ1) is 29.4. The van der Waals surface area contributed by atoms with E-state index in [4.69, 9.17) is 9.52 Å². The number of aromatic nitrogens is 2. The van der Waals surface area contributed by atoms with Crippen LogP contribution in [0.4, 0.5) is 0 Å². The number of rotatable bonds is 7. The van der Waals surface area contributed by atoms with Gasteiger partial charge in [-0.2, -0.15) is 5.10 Å². The van der Waals surface area contributed by atoms with Crippen molar-refractivity contribution in [1.82, 2.24) is 9.78 Å². The smallest absolute Gasteiger partial charge is 0.191 e. The average Bonchev–Trinajstić information content (AvgIpc) is 3.50. The molecule has 1 heterocycles. The fourth-order valence-electron chi connectivity index (χ4n) is 8.72. The Hall–Kier alpha value is -2.08. The van der Waals surface area contributed by atoms with Crippen molar-refractivity contribution in [3.8, 4) is 5.69 Å². The van der Waals surface area contributed by atoms with Crippen LogP contribution in [0, 0.1) is 46.8 Å². The van der Waals surface area contributed by atoms with Gasteiger partial charge in [0, 0.05) is 23.8 Å². The molecule has 6 nitrogen and oxygen atoms in total. The third-order valence-electron chi connectivity index (χ3n) is 12.0. The molecule has 1 aromatic heterocycles. The molecule has 0 aliphatic heterocycles. The van der Waals surface area contributed by atoms with Crippen LogP contribution in [0.1, 0.15) is 72.1 Å². The number of hydrogen-bond acceptors (Lipinski definition) is 3. The van der Waals surface area contributed by atoms with Crippen LogP contribution in [-0.4, -0.2) is 31.2 Å². The van der Waals surface area contributed by atoms with E-state index in [0.29, 0.717) is 36.1 Å². The van der Waals surface area contributed by atoms with Crippen LogP contribution in [0.3, 0.4) is 0 Å². The zero-order valence-electron chi connectivity index (χ0n) is 26.1. The predicted octanol–water partition coefficient (Wildman–Crippen LogP) is 8.86. The molecule has 2 fully saturated rings. The Morgan fingerprint density at radius 2 is 1.88 bits per heavy atom.